The lowest BCUT2D eigenvalue weighted by molar-refractivity contribution is 0.0250. The topological polar surface area (TPSA) is 45.1 Å². The van der Waals surface area contributed by atoms with Crippen LogP contribution in [0.1, 0.15) is 43.7 Å². The fraction of sp³-hybridized carbons (Fsp3) is 0.219. The average molecular weight is 493 g/mol. The fourth-order valence-electron chi connectivity index (χ4n) is 5.52. The first-order valence-electron chi connectivity index (χ1n) is 12.6. The van der Waals surface area contributed by atoms with Crippen molar-refractivity contribution in [2.24, 2.45) is 5.41 Å². The Balaban J connectivity index is 1.50. The number of nitrogens with one attached hydrogen (secondary N) is 1. The van der Waals surface area contributed by atoms with Gasteiger partial charge in [-0.2, -0.15) is 0 Å². The van der Waals surface area contributed by atoms with Gasteiger partial charge < -0.3 is 10.4 Å². The van der Waals surface area contributed by atoms with Crippen molar-refractivity contribution in [1.29, 1.82) is 0 Å². The Morgan fingerprint density at radius 3 is 2.00 bits per heavy atom. The Labute approximate surface area is 217 Å². The molecule has 0 fully saturated rings. The molecule has 36 heavy (non-hydrogen) atoms. The molecule has 5 rings (SSSR count). The van der Waals surface area contributed by atoms with Crippen molar-refractivity contribution in [3.8, 4) is 11.3 Å². The van der Waals surface area contributed by atoms with Gasteiger partial charge in [0.05, 0.1) is 5.69 Å². The van der Waals surface area contributed by atoms with Gasteiger partial charge in [-0.05, 0) is 34.7 Å². The van der Waals surface area contributed by atoms with E-state index in [1.807, 2.05) is 12.1 Å². The van der Waals surface area contributed by atoms with Gasteiger partial charge in [0.15, 0.2) is 5.13 Å². The van der Waals surface area contributed by atoms with Crippen molar-refractivity contribution >= 4 is 27.2 Å². The minimum atomic E-state index is -0.774. The molecule has 0 saturated carbocycles. The summed E-state index contributed by atoms with van der Waals surface area (Å²) < 4.78 is 0. The molecule has 1 heterocycles. The van der Waals surface area contributed by atoms with Crippen molar-refractivity contribution in [2.75, 3.05) is 5.32 Å². The summed E-state index contributed by atoms with van der Waals surface area (Å²) in [7, 11) is 0. The zero-order chi connectivity index (χ0) is 25.0. The van der Waals surface area contributed by atoms with Crippen molar-refractivity contribution in [1.82, 2.24) is 4.98 Å². The highest BCUT2D eigenvalue weighted by atomic mass is 32.1. The summed E-state index contributed by atoms with van der Waals surface area (Å²) in [6.45, 7) is 4.35. The van der Waals surface area contributed by atoms with Gasteiger partial charge in [-0.3, -0.25) is 0 Å². The lowest BCUT2D eigenvalue weighted by Gasteiger charge is -2.44. The van der Waals surface area contributed by atoms with Crippen molar-refractivity contribution in [3.05, 3.63) is 120 Å². The van der Waals surface area contributed by atoms with Gasteiger partial charge >= 0.3 is 0 Å². The molecule has 0 aliphatic carbocycles. The van der Waals surface area contributed by atoms with Crippen LogP contribution in [-0.4, -0.2) is 16.3 Å². The van der Waals surface area contributed by atoms with Crippen LogP contribution in [-0.2, 0) is 0 Å². The molecule has 0 bridgehead atoms. The predicted octanol–water partition coefficient (Wildman–Crippen LogP) is 8.33. The van der Waals surface area contributed by atoms with Crippen LogP contribution in [0.25, 0.3) is 22.0 Å². The summed E-state index contributed by atoms with van der Waals surface area (Å²) in [6.07, 6.45) is 0.853. The lowest BCUT2D eigenvalue weighted by atomic mass is 9.64. The molecular formula is C32H32N2OS. The molecule has 0 aliphatic heterocycles. The molecule has 1 unspecified atom stereocenters. The normalized spacial score (nSPS) is 12.7. The highest BCUT2D eigenvalue weighted by Gasteiger charge is 2.44. The van der Waals surface area contributed by atoms with Gasteiger partial charge in [0, 0.05) is 22.3 Å². The highest BCUT2D eigenvalue weighted by molar-refractivity contribution is 7.14. The zero-order valence-corrected chi connectivity index (χ0v) is 21.6. The van der Waals surface area contributed by atoms with E-state index in [0.717, 1.165) is 29.2 Å². The molecule has 0 radical (unpaired) electrons. The maximum absolute atomic E-state index is 11.8. The van der Waals surface area contributed by atoms with E-state index in [2.05, 4.69) is 116 Å². The quantitative estimate of drug-likeness (QED) is 0.203. The largest absolute Gasteiger partial charge is 0.373 e. The lowest BCUT2D eigenvalue weighted by Crippen LogP contribution is -2.45. The van der Waals surface area contributed by atoms with Gasteiger partial charge in [-0.25, -0.2) is 4.98 Å². The van der Waals surface area contributed by atoms with E-state index >= 15 is 0 Å². The highest BCUT2D eigenvalue weighted by Crippen LogP contribution is 2.49. The van der Waals surface area contributed by atoms with E-state index in [0.29, 0.717) is 0 Å². The first-order chi connectivity index (χ1) is 17.7. The molecule has 182 valence electrons. The number of anilines is 1. The Morgan fingerprint density at radius 1 is 0.778 bits per heavy atom. The molecule has 0 spiro atoms. The number of benzene rings is 4. The van der Waals surface area contributed by atoms with Gasteiger partial charge in [0.1, 0.15) is 6.23 Å². The summed E-state index contributed by atoms with van der Waals surface area (Å²) in [5.41, 5.74) is 4.03. The molecule has 4 heteroatoms. The van der Waals surface area contributed by atoms with Crippen LogP contribution in [0, 0.1) is 5.41 Å². The van der Waals surface area contributed by atoms with E-state index < -0.39 is 11.6 Å². The maximum Gasteiger partial charge on any atom is 0.185 e. The van der Waals surface area contributed by atoms with Crippen LogP contribution >= 0.6 is 11.3 Å². The Kier molecular flexibility index (Phi) is 7.17. The molecular weight excluding hydrogens is 460 g/mol. The summed E-state index contributed by atoms with van der Waals surface area (Å²) in [5.74, 6) is 0.0369. The van der Waals surface area contributed by atoms with Crippen LogP contribution < -0.4 is 5.32 Å². The second kappa shape index (κ2) is 10.7. The van der Waals surface area contributed by atoms with Crippen LogP contribution in [0.2, 0.25) is 0 Å². The summed E-state index contributed by atoms with van der Waals surface area (Å²) in [6, 6.07) is 35.8. The van der Waals surface area contributed by atoms with Gasteiger partial charge in [-0.15, -0.1) is 11.3 Å². The monoisotopic (exact) mass is 492 g/mol. The van der Waals surface area contributed by atoms with E-state index in [9.17, 15) is 5.11 Å². The smallest absolute Gasteiger partial charge is 0.185 e. The number of rotatable bonds is 9. The average Bonchev–Trinajstić information content (AvgIpc) is 3.40. The Bertz CT molecular complexity index is 1370. The van der Waals surface area contributed by atoms with E-state index in [1.54, 1.807) is 0 Å². The number of fused-ring (bicyclic) bond motifs is 1. The zero-order valence-electron chi connectivity index (χ0n) is 20.8. The Morgan fingerprint density at radius 2 is 1.36 bits per heavy atom. The fourth-order valence-corrected chi connectivity index (χ4v) is 6.26. The molecule has 0 saturated heterocycles. The number of aliphatic hydroxyl groups is 1. The minimum absolute atomic E-state index is 0.0369. The molecule has 1 aromatic heterocycles. The second-order valence-electron chi connectivity index (χ2n) is 9.31. The van der Waals surface area contributed by atoms with Crippen LogP contribution in [0.3, 0.4) is 0 Å². The van der Waals surface area contributed by atoms with Crippen molar-refractivity contribution < 1.29 is 5.11 Å². The predicted molar refractivity (Wildman–Crippen MR) is 152 cm³/mol. The van der Waals surface area contributed by atoms with E-state index in [1.165, 1.54) is 33.2 Å². The number of aromatic nitrogens is 1. The van der Waals surface area contributed by atoms with Crippen molar-refractivity contribution in [2.45, 2.75) is 38.8 Å². The van der Waals surface area contributed by atoms with Crippen LogP contribution in [0.5, 0.6) is 0 Å². The van der Waals surface area contributed by atoms with Crippen molar-refractivity contribution in [3.63, 3.8) is 0 Å². The summed E-state index contributed by atoms with van der Waals surface area (Å²) in [5, 5.41) is 20.4. The molecule has 3 nitrogen and oxygen atoms in total. The second-order valence-corrected chi connectivity index (χ2v) is 10.2. The molecule has 4 aromatic carbocycles. The van der Waals surface area contributed by atoms with Crippen LogP contribution in [0.15, 0.2) is 109 Å². The molecule has 5 aromatic rings. The van der Waals surface area contributed by atoms with Gasteiger partial charge in [0.2, 0.25) is 0 Å². The van der Waals surface area contributed by atoms with Gasteiger partial charge in [-0.1, -0.05) is 117 Å². The number of aliphatic hydroxyl groups excluding tert-OH is 1. The standard InChI is InChI=1S/C32H32N2OS/c1-3-32(4-2,29(24-15-7-5-8-16-24)25-17-9-6-10-18-25)30(35)34-31-33-28(22-36-31)27-21-13-19-23-14-11-12-20-26(23)27/h5-22,29-30,35H,3-4H2,1-2H3,(H,33,34). The SMILES string of the molecule is CCC(CC)(C(O)Nc1nc(-c2cccc3ccccc23)cs1)C(c1ccccc1)c1ccccc1. The maximum atomic E-state index is 11.8. The van der Waals surface area contributed by atoms with E-state index in [4.69, 9.17) is 4.98 Å². The number of hydrogen-bond acceptors (Lipinski definition) is 4. The number of nitrogens with zero attached hydrogens (tertiary/aromatic N) is 1. The first kappa shape index (κ1) is 24.2. The molecule has 2 N–H and O–H groups in total. The third kappa shape index (κ3) is 4.55. The minimum Gasteiger partial charge on any atom is -0.373 e. The van der Waals surface area contributed by atoms with Crippen LogP contribution in [0.4, 0.5) is 5.13 Å². The summed E-state index contributed by atoms with van der Waals surface area (Å²) in [4.78, 5) is 4.90. The molecule has 0 aliphatic rings. The number of hydrogen-bond donors (Lipinski definition) is 2. The third-order valence-electron chi connectivity index (χ3n) is 7.53. The van der Waals surface area contributed by atoms with Gasteiger partial charge in [0.25, 0.3) is 0 Å². The summed E-state index contributed by atoms with van der Waals surface area (Å²) >= 11 is 1.54. The third-order valence-corrected chi connectivity index (χ3v) is 8.31. The molecule has 1 atom stereocenters. The van der Waals surface area contributed by atoms with E-state index in [-0.39, 0.29) is 5.92 Å². The number of thiazole rings is 1. The first-order valence-corrected chi connectivity index (χ1v) is 13.5. The Hall–Kier alpha value is -3.47. The molecule has 0 amide bonds.